The zero-order valence-electron chi connectivity index (χ0n) is 11.5. The third-order valence-corrected chi connectivity index (χ3v) is 4.33. The minimum atomic E-state index is -0.321. The van der Waals surface area contributed by atoms with Crippen molar-refractivity contribution in [1.82, 2.24) is 0 Å². The Kier molecular flexibility index (Phi) is 2.74. The summed E-state index contributed by atoms with van der Waals surface area (Å²) in [5.74, 6) is 0.599. The van der Waals surface area contributed by atoms with Crippen LogP contribution in [0.1, 0.15) is 12.8 Å². The number of anilines is 1. The molecular weight excluding hydrogens is 270 g/mol. The predicted octanol–water partition coefficient (Wildman–Crippen LogP) is 1.84. The van der Waals surface area contributed by atoms with Crippen molar-refractivity contribution in [3.63, 3.8) is 0 Å². The van der Waals surface area contributed by atoms with Crippen LogP contribution in [0.25, 0.3) is 0 Å². The van der Waals surface area contributed by atoms with Crippen molar-refractivity contribution < 1.29 is 19.1 Å². The number of allylic oxidation sites excluding steroid dienone is 2. The molecule has 1 aromatic rings. The molecule has 0 bridgehead atoms. The SMILES string of the molecule is O=C1[C@H]2CC3=C(C[C@H]2C(=O)N1c1ccccc1)OCCO3. The molecule has 3 aliphatic rings. The molecule has 4 rings (SSSR count). The maximum atomic E-state index is 12.6. The Hall–Kier alpha value is -2.30. The number of ether oxygens (including phenoxy) is 2. The zero-order chi connectivity index (χ0) is 14.4. The van der Waals surface area contributed by atoms with Crippen molar-refractivity contribution in [2.75, 3.05) is 18.1 Å². The van der Waals surface area contributed by atoms with Crippen molar-refractivity contribution in [3.05, 3.63) is 41.9 Å². The number of fused-ring (bicyclic) bond motifs is 1. The van der Waals surface area contributed by atoms with E-state index in [1.807, 2.05) is 18.2 Å². The summed E-state index contributed by atoms with van der Waals surface area (Å²) in [4.78, 5) is 26.5. The van der Waals surface area contributed by atoms with Gasteiger partial charge in [0.1, 0.15) is 24.7 Å². The molecule has 1 aromatic carbocycles. The molecule has 2 atom stereocenters. The zero-order valence-corrected chi connectivity index (χ0v) is 11.5. The molecule has 108 valence electrons. The normalized spacial score (nSPS) is 27.9. The lowest BCUT2D eigenvalue weighted by atomic mass is 9.83. The van der Waals surface area contributed by atoms with Crippen LogP contribution in [0.4, 0.5) is 5.69 Å². The topological polar surface area (TPSA) is 55.8 Å². The second-order valence-electron chi connectivity index (χ2n) is 5.51. The number of carbonyl (C=O) groups is 2. The van der Waals surface area contributed by atoms with Gasteiger partial charge < -0.3 is 9.47 Å². The molecule has 1 saturated heterocycles. The minimum Gasteiger partial charge on any atom is -0.491 e. The number of rotatable bonds is 1. The molecule has 0 spiro atoms. The van der Waals surface area contributed by atoms with Crippen molar-refractivity contribution in [2.24, 2.45) is 11.8 Å². The number of carbonyl (C=O) groups excluding carboxylic acids is 2. The quantitative estimate of drug-likeness (QED) is 0.739. The summed E-state index contributed by atoms with van der Waals surface area (Å²) < 4.78 is 11.2. The van der Waals surface area contributed by atoms with E-state index in [0.29, 0.717) is 31.7 Å². The van der Waals surface area contributed by atoms with Gasteiger partial charge in [-0.3, -0.25) is 14.5 Å². The molecule has 21 heavy (non-hydrogen) atoms. The molecule has 0 saturated carbocycles. The van der Waals surface area contributed by atoms with E-state index >= 15 is 0 Å². The minimum absolute atomic E-state index is 0.128. The van der Waals surface area contributed by atoms with Gasteiger partial charge in [-0.15, -0.1) is 0 Å². The first-order valence-corrected chi connectivity index (χ1v) is 7.16. The van der Waals surface area contributed by atoms with Crippen LogP contribution >= 0.6 is 0 Å². The molecule has 1 aliphatic carbocycles. The van der Waals surface area contributed by atoms with E-state index < -0.39 is 0 Å². The second-order valence-corrected chi connectivity index (χ2v) is 5.51. The van der Waals surface area contributed by atoms with Crippen LogP contribution in [-0.2, 0) is 19.1 Å². The Balaban J connectivity index is 1.67. The number of hydrogen-bond acceptors (Lipinski definition) is 4. The van der Waals surface area contributed by atoms with Crippen LogP contribution in [0.5, 0.6) is 0 Å². The average Bonchev–Trinajstić information content (AvgIpc) is 2.77. The molecule has 5 nitrogen and oxygen atoms in total. The fourth-order valence-electron chi connectivity index (χ4n) is 3.31. The first-order valence-electron chi connectivity index (χ1n) is 7.16. The van der Waals surface area contributed by atoms with Crippen LogP contribution < -0.4 is 4.90 Å². The lowest BCUT2D eigenvalue weighted by Crippen LogP contribution is -2.30. The van der Waals surface area contributed by atoms with Gasteiger partial charge in [0.15, 0.2) is 0 Å². The standard InChI is InChI=1S/C16H15NO4/c18-15-11-8-13-14(21-7-6-20-13)9-12(11)16(19)17(15)10-4-2-1-3-5-10/h1-5,11-12H,6-9H2/t11-,12+. The van der Waals surface area contributed by atoms with Crippen molar-refractivity contribution in [3.8, 4) is 0 Å². The van der Waals surface area contributed by atoms with Gasteiger partial charge in [-0.2, -0.15) is 0 Å². The summed E-state index contributed by atoms with van der Waals surface area (Å²) in [7, 11) is 0. The number of amides is 2. The largest absolute Gasteiger partial charge is 0.491 e. The highest BCUT2D eigenvalue weighted by atomic mass is 16.6. The van der Waals surface area contributed by atoms with Gasteiger partial charge in [-0.05, 0) is 12.1 Å². The molecule has 2 heterocycles. The molecule has 5 heteroatoms. The monoisotopic (exact) mass is 285 g/mol. The third kappa shape index (κ3) is 1.84. The number of nitrogens with zero attached hydrogens (tertiary/aromatic N) is 1. The van der Waals surface area contributed by atoms with E-state index in [1.54, 1.807) is 12.1 Å². The molecule has 0 N–H and O–H groups in total. The van der Waals surface area contributed by atoms with Crippen LogP contribution in [0, 0.1) is 11.8 Å². The highest BCUT2D eigenvalue weighted by Crippen LogP contribution is 2.43. The summed E-state index contributed by atoms with van der Waals surface area (Å²) in [6.45, 7) is 1.03. The fraction of sp³-hybridized carbons (Fsp3) is 0.375. The van der Waals surface area contributed by atoms with Gasteiger partial charge in [0.05, 0.1) is 17.5 Å². The first-order chi connectivity index (χ1) is 10.3. The third-order valence-electron chi connectivity index (χ3n) is 4.33. The molecule has 2 aliphatic heterocycles. The highest BCUT2D eigenvalue weighted by molar-refractivity contribution is 6.22. The lowest BCUT2D eigenvalue weighted by Gasteiger charge is -2.30. The molecule has 1 fully saturated rings. The van der Waals surface area contributed by atoms with E-state index in [1.165, 1.54) is 4.90 Å². The van der Waals surface area contributed by atoms with E-state index in [2.05, 4.69) is 0 Å². The van der Waals surface area contributed by atoms with E-state index in [4.69, 9.17) is 9.47 Å². The van der Waals surface area contributed by atoms with Crippen molar-refractivity contribution in [2.45, 2.75) is 12.8 Å². The van der Waals surface area contributed by atoms with Crippen molar-refractivity contribution >= 4 is 17.5 Å². The predicted molar refractivity (Wildman–Crippen MR) is 74.1 cm³/mol. The highest BCUT2D eigenvalue weighted by Gasteiger charge is 2.51. The fourth-order valence-corrected chi connectivity index (χ4v) is 3.31. The van der Waals surface area contributed by atoms with Crippen molar-refractivity contribution in [1.29, 1.82) is 0 Å². The van der Waals surface area contributed by atoms with Crippen LogP contribution in [0.2, 0.25) is 0 Å². The van der Waals surface area contributed by atoms with Gasteiger partial charge in [-0.1, -0.05) is 18.2 Å². The van der Waals surface area contributed by atoms with Gasteiger partial charge in [-0.25, -0.2) is 0 Å². The maximum Gasteiger partial charge on any atom is 0.238 e. The van der Waals surface area contributed by atoms with E-state index in [-0.39, 0.29) is 23.7 Å². The second kappa shape index (κ2) is 4.62. The number of benzene rings is 1. The Morgan fingerprint density at radius 2 is 1.38 bits per heavy atom. The van der Waals surface area contributed by atoms with Crippen LogP contribution in [0.15, 0.2) is 41.9 Å². The smallest absolute Gasteiger partial charge is 0.238 e. The Labute approximate surface area is 122 Å². The van der Waals surface area contributed by atoms with E-state index in [0.717, 1.165) is 11.5 Å². The van der Waals surface area contributed by atoms with Gasteiger partial charge in [0.25, 0.3) is 0 Å². The Morgan fingerprint density at radius 1 is 0.857 bits per heavy atom. The van der Waals surface area contributed by atoms with Gasteiger partial charge in [0, 0.05) is 12.8 Å². The van der Waals surface area contributed by atoms with Crippen LogP contribution in [0.3, 0.4) is 0 Å². The summed E-state index contributed by atoms with van der Waals surface area (Å²) in [6.07, 6.45) is 0.932. The summed E-state index contributed by atoms with van der Waals surface area (Å²) in [5.41, 5.74) is 0.640. The summed E-state index contributed by atoms with van der Waals surface area (Å²) in [6, 6.07) is 9.09. The molecular formula is C16H15NO4. The van der Waals surface area contributed by atoms with Gasteiger partial charge >= 0.3 is 0 Å². The van der Waals surface area contributed by atoms with Crippen LogP contribution in [-0.4, -0.2) is 25.0 Å². The molecule has 2 amide bonds. The number of hydrogen-bond donors (Lipinski definition) is 0. The number of para-hydroxylation sites is 1. The number of imide groups is 1. The lowest BCUT2D eigenvalue weighted by molar-refractivity contribution is -0.122. The average molecular weight is 285 g/mol. The van der Waals surface area contributed by atoms with Gasteiger partial charge in [0.2, 0.25) is 11.8 Å². The molecule has 0 aromatic heterocycles. The summed E-state index contributed by atoms with van der Waals surface area (Å²) in [5, 5.41) is 0. The molecule has 0 unspecified atom stereocenters. The van der Waals surface area contributed by atoms with E-state index in [9.17, 15) is 9.59 Å². The first kappa shape index (κ1) is 12.4. The Morgan fingerprint density at radius 3 is 1.90 bits per heavy atom. The Bertz CT molecular complexity index is 601. The maximum absolute atomic E-state index is 12.6. The summed E-state index contributed by atoms with van der Waals surface area (Å²) >= 11 is 0. The molecule has 0 radical (unpaired) electrons.